The highest BCUT2D eigenvalue weighted by Crippen LogP contribution is 2.34. The van der Waals surface area contributed by atoms with Gasteiger partial charge in [0.05, 0.1) is 10.6 Å². The molecule has 0 N–H and O–H groups in total. The minimum absolute atomic E-state index is 0.149. The van der Waals surface area contributed by atoms with Crippen molar-refractivity contribution in [3.05, 3.63) is 70.4 Å². The summed E-state index contributed by atoms with van der Waals surface area (Å²) >= 11 is 0.910. The van der Waals surface area contributed by atoms with Gasteiger partial charge in [-0.2, -0.15) is 0 Å². The molecule has 35 heavy (non-hydrogen) atoms. The van der Waals surface area contributed by atoms with E-state index in [1.54, 1.807) is 11.0 Å². The van der Waals surface area contributed by atoms with Crippen LogP contribution < -0.4 is 0 Å². The molecule has 2 aromatic carbocycles. The van der Waals surface area contributed by atoms with Crippen molar-refractivity contribution in [1.29, 1.82) is 0 Å². The van der Waals surface area contributed by atoms with Crippen LogP contribution in [0.4, 0.5) is 4.79 Å². The molecular weight excluding hydrogens is 458 g/mol. The lowest BCUT2D eigenvalue weighted by molar-refractivity contribution is -0.135. The number of hydrogen-bond acceptors (Lipinski definition) is 4. The summed E-state index contributed by atoms with van der Waals surface area (Å²) in [6.45, 7) is 5.28. The number of amides is 3. The third kappa shape index (κ3) is 4.52. The van der Waals surface area contributed by atoms with Crippen LogP contribution in [0.2, 0.25) is 0 Å². The molecule has 0 spiro atoms. The number of benzene rings is 2. The number of fused-ring (bicyclic) bond motifs is 1. The van der Waals surface area contributed by atoms with Gasteiger partial charge in [0, 0.05) is 29.9 Å². The fraction of sp³-hybridized carbons (Fsp3) is 0.321. The highest BCUT2D eigenvalue weighted by molar-refractivity contribution is 8.18. The number of likely N-dealkylation sites (tertiary alicyclic amines) is 1. The Balaban J connectivity index is 1.41. The first-order valence-corrected chi connectivity index (χ1v) is 13.0. The molecule has 3 aromatic rings. The smallest absolute Gasteiger partial charge is 0.294 e. The van der Waals surface area contributed by atoms with Crippen LogP contribution >= 0.6 is 11.8 Å². The zero-order valence-electron chi connectivity index (χ0n) is 20.1. The van der Waals surface area contributed by atoms with E-state index < -0.39 is 5.91 Å². The molecule has 2 saturated heterocycles. The highest BCUT2D eigenvalue weighted by Gasteiger charge is 2.37. The number of thioether (sulfide) groups is 1. The van der Waals surface area contributed by atoms with E-state index >= 15 is 0 Å². The first kappa shape index (κ1) is 23.4. The van der Waals surface area contributed by atoms with Gasteiger partial charge in [-0.05, 0) is 67.6 Å². The number of hydrogen-bond donors (Lipinski definition) is 0. The molecular formula is C28H29N3O3S. The zero-order chi connectivity index (χ0) is 24.5. The van der Waals surface area contributed by atoms with Crippen molar-refractivity contribution < 1.29 is 14.4 Å². The summed E-state index contributed by atoms with van der Waals surface area (Å²) in [6.07, 6.45) is 5.96. The number of imide groups is 1. The summed E-state index contributed by atoms with van der Waals surface area (Å²) in [7, 11) is 0. The molecule has 2 fully saturated rings. The molecule has 7 heteroatoms. The van der Waals surface area contributed by atoms with E-state index in [1.807, 2.05) is 38.1 Å². The minimum atomic E-state index is -0.391. The van der Waals surface area contributed by atoms with E-state index in [-0.39, 0.29) is 17.7 Å². The molecule has 3 amide bonds. The van der Waals surface area contributed by atoms with Crippen LogP contribution in [-0.4, -0.2) is 51.1 Å². The van der Waals surface area contributed by atoms with Gasteiger partial charge in [-0.15, -0.1) is 0 Å². The molecule has 2 aliphatic heterocycles. The Labute approximate surface area is 209 Å². The minimum Gasteiger partial charge on any atom is -0.341 e. The van der Waals surface area contributed by atoms with Crippen LogP contribution in [0.1, 0.15) is 42.6 Å². The van der Waals surface area contributed by atoms with Gasteiger partial charge in [0.15, 0.2) is 0 Å². The average molecular weight is 488 g/mol. The van der Waals surface area contributed by atoms with Gasteiger partial charge in [-0.25, -0.2) is 0 Å². The third-order valence-corrected chi connectivity index (χ3v) is 7.80. The van der Waals surface area contributed by atoms with Crippen molar-refractivity contribution in [2.24, 2.45) is 0 Å². The van der Waals surface area contributed by atoms with Crippen molar-refractivity contribution in [1.82, 2.24) is 14.4 Å². The first-order chi connectivity index (χ1) is 16.9. The number of rotatable bonds is 4. The monoisotopic (exact) mass is 487 g/mol. The lowest BCUT2D eigenvalue weighted by Gasteiger charge is -2.22. The number of carbonyl (C=O) groups excluding carboxylic acids is 3. The summed E-state index contributed by atoms with van der Waals surface area (Å²) in [5.74, 6) is -0.539. The second-order valence-electron chi connectivity index (χ2n) is 9.22. The standard InChI is InChI=1S/C28H29N3O3S/c1-19-16-22(20(2)31(19)24-13-9-11-21-10-5-6-12-23(21)24)17-25-27(33)30(28(34)35-25)18-26(32)29-14-7-3-4-8-15-29/h5-6,9-13,16-17H,3-4,7-8,14-15,18H2,1-2H3. The third-order valence-electron chi connectivity index (χ3n) is 6.89. The van der Waals surface area contributed by atoms with Crippen molar-refractivity contribution in [2.75, 3.05) is 19.6 Å². The number of aromatic nitrogens is 1. The predicted molar refractivity (Wildman–Crippen MR) is 140 cm³/mol. The Hall–Kier alpha value is -3.32. The maximum absolute atomic E-state index is 13.1. The second kappa shape index (κ2) is 9.74. The second-order valence-corrected chi connectivity index (χ2v) is 10.2. The zero-order valence-corrected chi connectivity index (χ0v) is 20.9. The summed E-state index contributed by atoms with van der Waals surface area (Å²) in [5.41, 5.74) is 4.00. The lowest BCUT2D eigenvalue weighted by atomic mass is 10.1. The molecule has 180 valence electrons. The predicted octanol–water partition coefficient (Wildman–Crippen LogP) is 5.69. The summed E-state index contributed by atoms with van der Waals surface area (Å²) in [5, 5.41) is 1.93. The Morgan fingerprint density at radius 2 is 1.69 bits per heavy atom. The van der Waals surface area contributed by atoms with Crippen molar-refractivity contribution in [3.8, 4) is 5.69 Å². The van der Waals surface area contributed by atoms with E-state index in [1.165, 1.54) is 0 Å². The Bertz CT molecular complexity index is 1340. The molecule has 0 saturated carbocycles. The van der Waals surface area contributed by atoms with Crippen molar-refractivity contribution >= 4 is 45.7 Å². The average Bonchev–Trinajstić information content (AvgIpc) is 3.14. The van der Waals surface area contributed by atoms with Gasteiger partial charge >= 0.3 is 0 Å². The van der Waals surface area contributed by atoms with Gasteiger partial charge in [0.25, 0.3) is 11.1 Å². The van der Waals surface area contributed by atoms with Crippen LogP contribution in [0.15, 0.2) is 53.4 Å². The molecule has 6 nitrogen and oxygen atoms in total. The van der Waals surface area contributed by atoms with Crippen LogP contribution in [0, 0.1) is 13.8 Å². The molecule has 0 radical (unpaired) electrons. The van der Waals surface area contributed by atoms with Crippen molar-refractivity contribution in [3.63, 3.8) is 0 Å². The molecule has 2 aliphatic rings. The molecule has 1 aromatic heterocycles. The van der Waals surface area contributed by atoms with Gasteiger partial charge in [0.2, 0.25) is 5.91 Å². The van der Waals surface area contributed by atoms with Crippen LogP contribution in [-0.2, 0) is 9.59 Å². The van der Waals surface area contributed by atoms with Gasteiger partial charge in [-0.1, -0.05) is 49.2 Å². The summed E-state index contributed by atoms with van der Waals surface area (Å²) < 4.78 is 2.18. The molecule has 0 bridgehead atoms. The lowest BCUT2D eigenvalue weighted by Crippen LogP contribution is -2.42. The van der Waals surface area contributed by atoms with Gasteiger partial charge in [0.1, 0.15) is 6.54 Å². The Morgan fingerprint density at radius 1 is 0.971 bits per heavy atom. The van der Waals surface area contributed by atoms with Crippen molar-refractivity contribution in [2.45, 2.75) is 39.5 Å². The topological polar surface area (TPSA) is 62.6 Å². The molecule has 5 rings (SSSR count). The number of nitrogens with zero attached hydrogens (tertiary/aromatic N) is 3. The van der Waals surface area contributed by atoms with E-state index in [4.69, 9.17) is 0 Å². The molecule has 0 atom stereocenters. The maximum atomic E-state index is 13.1. The normalized spacial score (nSPS) is 18.1. The quantitative estimate of drug-likeness (QED) is 0.444. The highest BCUT2D eigenvalue weighted by atomic mass is 32.2. The van der Waals surface area contributed by atoms with Crippen LogP contribution in [0.25, 0.3) is 22.5 Å². The number of carbonyl (C=O) groups is 3. The molecule has 3 heterocycles. The molecule has 0 aliphatic carbocycles. The van der Waals surface area contributed by atoms with E-state index in [0.717, 1.165) is 75.8 Å². The fourth-order valence-corrected chi connectivity index (χ4v) is 5.87. The van der Waals surface area contributed by atoms with E-state index in [0.29, 0.717) is 18.0 Å². The van der Waals surface area contributed by atoms with E-state index in [2.05, 4.69) is 28.8 Å². The maximum Gasteiger partial charge on any atom is 0.294 e. The SMILES string of the molecule is Cc1cc(C=C2SC(=O)N(CC(=O)N3CCCCCC3)C2=O)c(C)n1-c1cccc2ccccc12. The number of aryl methyl sites for hydroxylation is 1. The summed E-state index contributed by atoms with van der Waals surface area (Å²) in [6, 6.07) is 16.5. The Kier molecular flexibility index (Phi) is 6.52. The van der Waals surface area contributed by atoms with E-state index in [9.17, 15) is 14.4 Å². The molecule has 0 unspecified atom stereocenters. The fourth-order valence-electron chi connectivity index (χ4n) is 5.04. The van der Waals surface area contributed by atoms with Gasteiger partial charge < -0.3 is 9.47 Å². The van der Waals surface area contributed by atoms with Crippen LogP contribution in [0.3, 0.4) is 0 Å². The van der Waals surface area contributed by atoms with Crippen LogP contribution in [0.5, 0.6) is 0 Å². The Morgan fingerprint density at radius 3 is 2.46 bits per heavy atom. The van der Waals surface area contributed by atoms with Gasteiger partial charge in [-0.3, -0.25) is 19.3 Å². The largest absolute Gasteiger partial charge is 0.341 e. The first-order valence-electron chi connectivity index (χ1n) is 12.1. The summed E-state index contributed by atoms with van der Waals surface area (Å²) in [4.78, 5) is 41.8.